The number of hydrogen-bond donors (Lipinski definition) is 0. The van der Waals surface area contributed by atoms with Gasteiger partial charge in [-0.05, 0) is 201 Å². The standard InChI is InChI=1S/C103H131N/c1-8-15-21-27-33-45-69-101(70-46-34-28-22-16-9-2)95-75-81(14-7)57-63-89(95)90-64-58-82(76-96(90)101)55-56-83-59-65-91-92-66-60-84(78-98(92)102(97(91)77-83,71-47-35-29-23-17-10-3)72-48-36-30-24-18-11-4)85-61-67-93-94-68-62-88(104(86-51-41-39-42-52-86)87-53-43-40-44-54-87)80-100(94)103(99(93)79-85,73-49-37-31-25-19-12-5)74-50-38-32-26-20-13-6/h7,39-44,51-54,57-68,75-80H,8-13,15-38,45-50,69-74H2,1-6H3. The number of hydrogen-bond acceptors (Lipinski definition) is 1. The van der Waals surface area contributed by atoms with Gasteiger partial charge in [0, 0.05) is 50.0 Å². The van der Waals surface area contributed by atoms with Gasteiger partial charge in [-0.2, -0.15) is 0 Å². The summed E-state index contributed by atoms with van der Waals surface area (Å²) in [5, 5.41) is 0. The van der Waals surface area contributed by atoms with E-state index in [4.69, 9.17) is 6.42 Å². The summed E-state index contributed by atoms with van der Waals surface area (Å²) in [6, 6.07) is 67.1. The van der Waals surface area contributed by atoms with Gasteiger partial charge in [-0.15, -0.1) is 6.42 Å². The smallest absolute Gasteiger partial charge is 0.0465 e. The summed E-state index contributed by atoms with van der Waals surface area (Å²) in [7, 11) is 0. The van der Waals surface area contributed by atoms with Gasteiger partial charge in [0.25, 0.3) is 0 Å². The molecular formula is C103H131N. The fraction of sp³-hybridized carbons (Fsp3) is 0.495. The molecule has 0 aliphatic heterocycles. The van der Waals surface area contributed by atoms with Gasteiger partial charge < -0.3 is 4.90 Å². The van der Waals surface area contributed by atoms with Crippen molar-refractivity contribution < 1.29 is 0 Å². The lowest BCUT2D eigenvalue weighted by Crippen LogP contribution is -2.26. The minimum absolute atomic E-state index is 0.0668. The second-order valence-electron chi connectivity index (χ2n) is 32.3. The zero-order valence-corrected chi connectivity index (χ0v) is 65.9. The molecule has 0 bridgehead atoms. The highest BCUT2D eigenvalue weighted by Gasteiger charge is 2.46. The highest BCUT2D eigenvalue weighted by molar-refractivity contribution is 5.90. The molecule has 0 aromatic heterocycles. The van der Waals surface area contributed by atoms with Gasteiger partial charge in [0.1, 0.15) is 0 Å². The van der Waals surface area contributed by atoms with Crippen molar-refractivity contribution in [3.8, 4) is 68.7 Å². The molecule has 0 saturated carbocycles. The zero-order valence-electron chi connectivity index (χ0n) is 65.9. The molecule has 3 aliphatic carbocycles. The van der Waals surface area contributed by atoms with Crippen LogP contribution < -0.4 is 4.90 Å². The number of nitrogens with zero attached hydrogens (tertiary/aromatic N) is 1. The first-order chi connectivity index (χ1) is 51.3. The molecule has 8 aromatic carbocycles. The van der Waals surface area contributed by atoms with Crippen LogP contribution in [0.2, 0.25) is 0 Å². The number of unbranched alkanes of at least 4 members (excludes halogenated alkanes) is 30. The minimum atomic E-state index is -0.108. The van der Waals surface area contributed by atoms with E-state index in [1.807, 2.05) is 0 Å². The summed E-state index contributed by atoms with van der Waals surface area (Å²) in [5.74, 6) is 10.9. The lowest BCUT2D eigenvalue weighted by atomic mass is 9.69. The molecule has 0 unspecified atom stereocenters. The number of rotatable bonds is 46. The monoisotopic (exact) mass is 1380 g/mol. The first kappa shape index (κ1) is 77.8. The molecule has 0 N–H and O–H groups in total. The zero-order chi connectivity index (χ0) is 72.2. The van der Waals surface area contributed by atoms with Gasteiger partial charge in [0.15, 0.2) is 0 Å². The SMILES string of the molecule is C#Cc1ccc2c(c1)C(CCCCCCCC)(CCCCCCCC)c1cc(C#Cc3ccc4c(c3)C(CCCCCCCC)(CCCCCCCC)c3cc(-c5ccc6c(c5)C(CCCCCCCC)(CCCCCCCC)c5cc(N(c7ccccc7)c7ccccc7)ccc5-6)ccc3-4)ccc1-2. The Labute approximate surface area is 634 Å². The van der Waals surface area contributed by atoms with Crippen LogP contribution in [0.3, 0.4) is 0 Å². The summed E-state index contributed by atoms with van der Waals surface area (Å²) >= 11 is 0. The average Bonchev–Trinajstić information content (AvgIpc) is 1.57. The van der Waals surface area contributed by atoms with E-state index in [9.17, 15) is 0 Å². The predicted molar refractivity (Wildman–Crippen MR) is 454 cm³/mol. The molecule has 8 aromatic rings. The Balaban J connectivity index is 1.00. The molecule has 0 fully saturated rings. The molecule has 0 saturated heterocycles. The van der Waals surface area contributed by atoms with E-state index < -0.39 is 0 Å². The Hall–Kier alpha value is -7.32. The number of benzene rings is 8. The summed E-state index contributed by atoms with van der Waals surface area (Å²) in [6.07, 6.45) is 60.0. The first-order valence-corrected chi connectivity index (χ1v) is 43.1. The number of para-hydroxylation sites is 2. The van der Waals surface area contributed by atoms with Crippen LogP contribution in [-0.4, -0.2) is 0 Å². The van der Waals surface area contributed by atoms with Crippen molar-refractivity contribution in [1.29, 1.82) is 0 Å². The van der Waals surface area contributed by atoms with Crippen LogP contribution in [0, 0.1) is 24.2 Å². The summed E-state index contributed by atoms with van der Waals surface area (Å²) in [4.78, 5) is 2.50. The van der Waals surface area contributed by atoms with Crippen molar-refractivity contribution in [1.82, 2.24) is 0 Å². The highest BCUT2D eigenvalue weighted by Crippen LogP contribution is 2.60. The third-order valence-corrected chi connectivity index (χ3v) is 24.9. The maximum Gasteiger partial charge on any atom is 0.0465 e. The van der Waals surface area contributed by atoms with Crippen molar-refractivity contribution in [2.45, 2.75) is 327 Å². The van der Waals surface area contributed by atoms with E-state index >= 15 is 0 Å². The van der Waals surface area contributed by atoms with Crippen molar-refractivity contribution in [2.24, 2.45) is 0 Å². The Kier molecular flexibility index (Phi) is 29.8. The van der Waals surface area contributed by atoms with Gasteiger partial charge in [-0.3, -0.25) is 0 Å². The minimum Gasteiger partial charge on any atom is -0.310 e. The molecule has 3 aliphatic rings. The molecule has 1 nitrogen and oxygen atoms in total. The first-order valence-electron chi connectivity index (χ1n) is 43.1. The van der Waals surface area contributed by atoms with Crippen molar-refractivity contribution in [3.05, 3.63) is 220 Å². The van der Waals surface area contributed by atoms with Crippen LogP contribution in [0.25, 0.3) is 44.5 Å². The molecule has 0 heterocycles. The number of terminal acetylenes is 1. The number of anilines is 3. The van der Waals surface area contributed by atoms with Gasteiger partial charge in [-0.25, -0.2) is 0 Å². The molecule has 1 heteroatoms. The van der Waals surface area contributed by atoms with Gasteiger partial charge in [-0.1, -0.05) is 375 Å². The van der Waals surface area contributed by atoms with Crippen molar-refractivity contribution in [2.75, 3.05) is 4.90 Å². The fourth-order valence-corrected chi connectivity index (χ4v) is 19.2. The largest absolute Gasteiger partial charge is 0.310 e. The van der Waals surface area contributed by atoms with Gasteiger partial charge >= 0.3 is 0 Å². The molecular weight excluding hydrogens is 1250 g/mol. The molecule has 0 atom stereocenters. The Morgan fingerprint density at radius 2 is 0.490 bits per heavy atom. The topological polar surface area (TPSA) is 3.24 Å². The predicted octanol–water partition coefficient (Wildman–Crippen LogP) is 31.5. The van der Waals surface area contributed by atoms with E-state index in [1.54, 1.807) is 16.7 Å². The summed E-state index contributed by atoms with van der Waals surface area (Å²) in [6.45, 7) is 14.1. The molecule has 0 radical (unpaired) electrons. The van der Waals surface area contributed by atoms with Gasteiger partial charge in [0.2, 0.25) is 0 Å². The second-order valence-corrected chi connectivity index (χ2v) is 32.3. The van der Waals surface area contributed by atoms with Crippen LogP contribution in [-0.2, 0) is 16.2 Å². The normalized spacial score (nSPS) is 13.7. The van der Waals surface area contributed by atoms with E-state index in [1.165, 1.54) is 335 Å². The van der Waals surface area contributed by atoms with Crippen LogP contribution in [0.1, 0.15) is 361 Å². The highest BCUT2D eigenvalue weighted by atomic mass is 15.1. The lowest BCUT2D eigenvalue weighted by molar-refractivity contribution is 0.397. The van der Waals surface area contributed by atoms with Gasteiger partial charge in [0.05, 0.1) is 0 Å². The van der Waals surface area contributed by atoms with Crippen LogP contribution in [0.15, 0.2) is 170 Å². The third kappa shape index (κ3) is 18.5. The maximum atomic E-state index is 6.24. The van der Waals surface area contributed by atoms with Crippen LogP contribution in [0.5, 0.6) is 0 Å². The third-order valence-electron chi connectivity index (χ3n) is 24.9. The molecule has 548 valence electrons. The average molecular weight is 1380 g/mol. The molecule has 0 amide bonds. The van der Waals surface area contributed by atoms with E-state index in [0.29, 0.717) is 0 Å². The van der Waals surface area contributed by atoms with E-state index in [-0.39, 0.29) is 16.2 Å². The molecule has 0 spiro atoms. The molecule has 11 rings (SSSR count). The van der Waals surface area contributed by atoms with Crippen molar-refractivity contribution in [3.63, 3.8) is 0 Å². The quantitative estimate of drug-likeness (QED) is 0.0271. The number of fused-ring (bicyclic) bond motifs is 9. The van der Waals surface area contributed by atoms with E-state index in [2.05, 4.69) is 234 Å². The maximum absolute atomic E-state index is 6.24. The molecule has 104 heavy (non-hydrogen) atoms. The summed E-state index contributed by atoms with van der Waals surface area (Å²) < 4.78 is 0. The summed E-state index contributed by atoms with van der Waals surface area (Å²) in [5.41, 5.74) is 27.1. The fourth-order valence-electron chi connectivity index (χ4n) is 19.2. The second kappa shape index (κ2) is 39.9. The van der Waals surface area contributed by atoms with Crippen LogP contribution in [0.4, 0.5) is 17.1 Å². The van der Waals surface area contributed by atoms with Crippen LogP contribution >= 0.6 is 0 Å². The Morgan fingerprint density at radius 1 is 0.240 bits per heavy atom. The Bertz CT molecular complexity index is 3970. The van der Waals surface area contributed by atoms with E-state index in [0.717, 1.165) is 29.5 Å². The lowest BCUT2D eigenvalue weighted by Gasteiger charge is -2.34. The Morgan fingerprint density at radius 3 is 0.798 bits per heavy atom. The van der Waals surface area contributed by atoms with Crippen molar-refractivity contribution >= 4 is 17.1 Å².